The van der Waals surface area contributed by atoms with Gasteiger partial charge in [0.15, 0.2) is 0 Å². The molecular weight excluding hydrogens is 240 g/mol. The van der Waals surface area contributed by atoms with Crippen LogP contribution < -0.4 is 5.73 Å². The van der Waals surface area contributed by atoms with Crippen LogP contribution in [0.15, 0.2) is 36.7 Å². The van der Waals surface area contributed by atoms with Crippen LogP contribution in [-0.2, 0) is 9.53 Å². The number of allylic oxidation sites excluding steroid dienone is 1. The quantitative estimate of drug-likeness (QED) is 0.854. The van der Waals surface area contributed by atoms with E-state index in [9.17, 15) is 4.79 Å². The Morgan fingerprint density at radius 2 is 2.26 bits per heavy atom. The van der Waals surface area contributed by atoms with Gasteiger partial charge < -0.3 is 10.5 Å². The molecule has 0 saturated heterocycles. The third kappa shape index (κ3) is 3.10. The molecule has 4 nitrogen and oxygen atoms in total. The first-order chi connectivity index (χ1) is 9.22. The molecule has 0 spiro atoms. The number of carbonyl (C=O) groups is 1. The fourth-order valence-electron chi connectivity index (χ4n) is 1.94. The van der Waals surface area contributed by atoms with Gasteiger partial charge in [-0.3, -0.25) is 9.78 Å². The summed E-state index contributed by atoms with van der Waals surface area (Å²) in [6.07, 6.45) is 8.39. The van der Waals surface area contributed by atoms with E-state index in [1.54, 1.807) is 12.4 Å². The summed E-state index contributed by atoms with van der Waals surface area (Å²) < 4.78 is 4.59. The van der Waals surface area contributed by atoms with Crippen molar-refractivity contribution in [1.82, 2.24) is 4.98 Å². The summed E-state index contributed by atoms with van der Waals surface area (Å²) in [4.78, 5) is 15.1. The Balaban J connectivity index is 2.21. The number of hydrogen-bond donors (Lipinski definition) is 1. The summed E-state index contributed by atoms with van der Waals surface area (Å²) in [5.41, 5.74) is 7.65. The lowest BCUT2D eigenvalue weighted by Crippen LogP contribution is -1.97. The first-order valence-electron chi connectivity index (χ1n) is 6.08. The molecule has 0 saturated carbocycles. The number of nitrogens with two attached hydrogens (primary N) is 1. The molecule has 0 bridgehead atoms. The Hall–Kier alpha value is -2.36. The molecule has 2 N–H and O–H groups in total. The van der Waals surface area contributed by atoms with E-state index in [2.05, 4.69) is 9.72 Å². The number of nitrogens with zero attached hydrogens (tertiary/aromatic N) is 1. The van der Waals surface area contributed by atoms with Gasteiger partial charge in [-0.2, -0.15) is 0 Å². The molecule has 19 heavy (non-hydrogen) atoms. The minimum absolute atomic E-state index is 0.203. The number of aromatic nitrogens is 1. The SMILES string of the molecule is COC(=O)CC/C=C/c1cccc2cncc(N)c12. The van der Waals surface area contributed by atoms with Gasteiger partial charge in [-0.15, -0.1) is 0 Å². The molecule has 1 heterocycles. The maximum Gasteiger partial charge on any atom is 0.305 e. The molecule has 0 fully saturated rings. The van der Waals surface area contributed by atoms with Crippen LogP contribution in [0.5, 0.6) is 0 Å². The lowest BCUT2D eigenvalue weighted by Gasteiger charge is -2.04. The highest BCUT2D eigenvalue weighted by molar-refractivity contribution is 5.98. The van der Waals surface area contributed by atoms with E-state index >= 15 is 0 Å². The summed E-state index contributed by atoms with van der Waals surface area (Å²) in [6.45, 7) is 0. The van der Waals surface area contributed by atoms with Crippen molar-refractivity contribution in [2.75, 3.05) is 12.8 Å². The van der Waals surface area contributed by atoms with Crippen molar-refractivity contribution in [2.24, 2.45) is 0 Å². The lowest BCUT2D eigenvalue weighted by molar-refractivity contribution is -0.140. The predicted octanol–water partition coefficient (Wildman–Crippen LogP) is 2.78. The topological polar surface area (TPSA) is 65.2 Å². The van der Waals surface area contributed by atoms with Gasteiger partial charge in [0.05, 0.1) is 19.0 Å². The summed E-state index contributed by atoms with van der Waals surface area (Å²) in [6, 6.07) is 5.93. The van der Waals surface area contributed by atoms with E-state index < -0.39 is 0 Å². The average Bonchev–Trinajstić information content (AvgIpc) is 2.43. The molecule has 4 heteroatoms. The van der Waals surface area contributed by atoms with E-state index in [0.717, 1.165) is 16.3 Å². The second kappa shape index (κ2) is 6.00. The van der Waals surface area contributed by atoms with Crippen molar-refractivity contribution in [2.45, 2.75) is 12.8 Å². The molecule has 98 valence electrons. The molecular formula is C15H16N2O2. The molecule has 0 aliphatic rings. The average molecular weight is 256 g/mol. The monoisotopic (exact) mass is 256 g/mol. The van der Waals surface area contributed by atoms with E-state index in [1.165, 1.54) is 7.11 Å². The fraction of sp³-hybridized carbons (Fsp3) is 0.200. The van der Waals surface area contributed by atoms with Gasteiger partial charge in [0, 0.05) is 23.4 Å². The summed E-state index contributed by atoms with van der Waals surface area (Å²) in [5, 5.41) is 2.00. The summed E-state index contributed by atoms with van der Waals surface area (Å²) in [5.74, 6) is -0.203. The van der Waals surface area contributed by atoms with E-state index in [1.807, 2.05) is 30.4 Å². The largest absolute Gasteiger partial charge is 0.469 e. The van der Waals surface area contributed by atoms with Gasteiger partial charge in [-0.05, 0) is 12.0 Å². The number of pyridine rings is 1. The maximum atomic E-state index is 11.0. The number of esters is 1. The molecule has 0 amide bonds. The van der Waals surface area contributed by atoms with Crippen molar-refractivity contribution in [3.63, 3.8) is 0 Å². The Bertz CT molecular complexity index is 615. The molecule has 0 aliphatic carbocycles. The number of fused-ring (bicyclic) bond motifs is 1. The van der Waals surface area contributed by atoms with Gasteiger partial charge in [0.25, 0.3) is 0 Å². The first kappa shape index (κ1) is 13.1. The van der Waals surface area contributed by atoms with Gasteiger partial charge in [-0.25, -0.2) is 0 Å². The summed E-state index contributed by atoms with van der Waals surface area (Å²) >= 11 is 0. The zero-order valence-electron chi connectivity index (χ0n) is 10.8. The zero-order chi connectivity index (χ0) is 13.7. The van der Waals surface area contributed by atoms with E-state index in [4.69, 9.17) is 5.73 Å². The summed E-state index contributed by atoms with van der Waals surface area (Å²) in [7, 11) is 1.39. The van der Waals surface area contributed by atoms with Crippen LogP contribution in [0.2, 0.25) is 0 Å². The van der Waals surface area contributed by atoms with Crippen LogP contribution in [0.25, 0.3) is 16.8 Å². The Kier molecular flexibility index (Phi) is 4.13. The van der Waals surface area contributed by atoms with Gasteiger partial charge in [0.2, 0.25) is 0 Å². The second-order valence-electron chi connectivity index (χ2n) is 4.19. The van der Waals surface area contributed by atoms with Crippen molar-refractivity contribution in [3.8, 4) is 0 Å². The first-order valence-corrected chi connectivity index (χ1v) is 6.08. The molecule has 0 atom stereocenters. The van der Waals surface area contributed by atoms with E-state index in [-0.39, 0.29) is 5.97 Å². The Morgan fingerprint density at radius 3 is 3.05 bits per heavy atom. The number of ether oxygens (including phenoxy) is 1. The van der Waals surface area contributed by atoms with Gasteiger partial charge in [-0.1, -0.05) is 30.4 Å². The molecule has 2 rings (SSSR count). The molecule has 1 aromatic heterocycles. The smallest absolute Gasteiger partial charge is 0.305 e. The van der Waals surface area contributed by atoms with Crippen molar-refractivity contribution < 1.29 is 9.53 Å². The third-order valence-electron chi connectivity index (χ3n) is 2.89. The van der Waals surface area contributed by atoms with Gasteiger partial charge in [0.1, 0.15) is 0 Å². The highest BCUT2D eigenvalue weighted by atomic mass is 16.5. The third-order valence-corrected chi connectivity index (χ3v) is 2.89. The molecule has 1 aromatic carbocycles. The van der Waals surface area contributed by atoms with Crippen LogP contribution in [0, 0.1) is 0 Å². The highest BCUT2D eigenvalue weighted by Crippen LogP contribution is 2.24. The van der Waals surface area contributed by atoms with Crippen molar-refractivity contribution >= 4 is 28.5 Å². The predicted molar refractivity (Wildman–Crippen MR) is 76.4 cm³/mol. The normalized spacial score (nSPS) is 11.0. The molecule has 0 radical (unpaired) electrons. The molecule has 0 aliphatic heterocycles. The number of nitrogen functional groups attached to an aromatic ring is 1. The minimum Gasteiger partial charge on any atom is -0.469 e. The molecule has 2 aromatic rings. The minimum atomic E-state index is -0.203. The number of benzene rings is 1. The van der Waals surface area contributed by atoms with Crippen LogP contribution in [0.1, 0.15) is 18.4 Å². The standard InChI is InChI=1S/C15H16N2O2/c1-19-14(18)8-3-2-5-11-6-4-7-12-9-17-10-13(16)15(11)12/h2,4-7,9-10H,3,8,16H2,1H3/b5-2+. The van der Waals surface area contributed by atoms with Crippen LogP contribution >= 0.6 is 0 Å². The Labute approximate surface area is 111 Å². The van der Waals surface area contributed by atoms with Crippen molar-refractivity contribution in [1.29, 1.82) is 0 Å². The van der Waals surface area contributed by atoms with Crippen molar-refractivity contribution in [3.05, 3.63) is 42.2 Å². The Morgan fingerprint density at radius 1 is 1.42 bits per heavy atom. The zero-order valence-corrected chi connectivity index (χ0v) is 10.8. The lowest BCUT2D eigenvalue weighted by atomic mass is 10.0. The number of hydrogen-bond acceptors (Lipinski definition) is 4. The fourth-order valence-corrected chi connectivity index (χ4v) is 1.94. The second-order valence-corrected chi connectivity index (χ2v) is 4.19. The molecule has 0 unspecified atom stereocenters. The van der Waals surface area contributed by atoms with Crippen LogP contribution in [0.3, 0.4) is 0 Å². The number of methoxy groups -OCH3 is 1. The van der Waals surface area contributed by atoms with Crippen LogP contribution in [0.4, 0.5) is 5.69 Å². The number of carbonyl (C=O) groups excluding carboxylic acids is 1. The maximum absolute atomic E-state index is 11.0. The van der Waals surface area contributed by atoms with Crippen LogP contribution in [-0.4, -0.2) is 18.1 Å². The van der Waals surface area contributed by atoms with E-state index in [0.29, 0.717) is 18.5 Å². The van der Waals surface area contributed by atoms with Gasteiger partial charge >= 0.3 is 5.97 Å². The number of anilines is 1. The number of rotatable bonds is 4. The highest BCUT2D eigenvalue weighted by Gasteiger charge is 2.02.